The minimum atomic E-state index is -2.92. The molecule has 6 atom stereocenters. The van der Waals surface area contributed by atoms with Crippen molar-refractivity contribution in [1.82, 2.24) is 0 Å². The fourth-order valence-electron chi connectivity index (χ4n) is 9.94. The normalized spacial score (nSPS) is 17.1. The average Bonchev–Trinajstić information content (AvgIpc) is 3.81. The maximum absolute atomic E-state index is 14.7. The molecule has 7 rings (SSSR count). The van der Waals surface area contributed by atoms with E-state index in [-0.39, 0.29) is 56.8 Å². The van der Waals surface area contributed by atoms with Crippen LogP contribution in [0.4, 0.5) is 0 Å². The third-order valence-electron chi connectivity index (χ3n) is 14.3. The molecule has 426 valence electrons. The van der Waals surface area contributed by atoms with E-state index in [2.05, 4.69) is 121 Å². The molecule has 6 aromatic carbocycles. The van der Waals surface area contributed by atoms with Crippen molar-refractivity contribution in [3.8, 4) is 17.2 Å². The number of carbonyl (C=O) groups excluding carboxylic acids is 2. The van der Waals surface area contributed by atoms with Crippen LogP contribution in [0.5, 0.6) is 17.2 Å². The third-order valence-corrected chi connectivity index (χ3v) is 23.9. The van der Waals surface area contributed by atoms with Crippen LogP contribution in [0.25, 0.3) is 0 Å². The van der Waals surface area contributed by atoms with Crippen LogP contribution in [0.3, 0.4) is 0 Å². The van der Waals surface area contributed by atoms with Crippen LogP contribution in [-0.2, 0) is 34.7 Å². The molecule has 4 unspecified atom stereocenters. The van der Waals surface area contributed by atoms with Gasteiger partial charge in [-0.05, 0) is 15.4 Å². The van der Waals surface area contributed by atoms with Crippen molar-refractivity contribution < 1.29 is 51.9 Å². The number of ether oxygens (including phenoxy) is 8. The predicted molar refractivity (Wildman–Crippen MR) is 324 cm³/mol. The molecule has 14 heteroatoms. The van der Waals surface area contributed by atoms with E-state index >= 15 is 0 Å². The summed E-state index contributed by atoms with van der Waals surface area (Å²) in [6, 6.07) is 52.8. The van der Waals surface area contributed by atoms with Crippen LogP contribution < -0.4 is 29.0 Å². The van der Waals surface area contributed by atoms with Gasteiger partial charge in [-0.25, -0.2) is 0 Å². The molecule has 0 amide bonds. The molecule has 1 heterocycles. The van der Waals surface area contributed by atoms with Crippen molar-refractivity contribution in [2.75, 3.05) is 27.6 Å². The van der Waals surface area contributed by atoms with Gasteiger partial charge in [-0.3, -0.25) is 0 Å². The third kappa shape index (κ3) is 16.7. The van der Waals surface area contributed by atoms with E-state index in [0.29, 0.717) is 35.5 Å². The SMILES string of the molecule is COCOc1cc(OCc2ccc(OC)cc2)cc(C(CCC2OC(C)(C)OC2C(/C=C\[C@@H](C)[C@H](C)O[Si](c2ccccc2)(c2ccccc2)C(C)(C)C)OC(=O)c2ccccc2)[Se]c2ccccc2)c1C(=O)OCC[Si](C)(C)C. The number of hydrogen-bond acceptors (Lipinski definition) is 11. The van der Waals surface area contributed by atoms with Gasteiger partial charge < -0.3 is 0 Å². The van der Waals surface area contributed by atoms with Gasteiger partial charge in [-0.1, -0.05) is 81.4 Å². The minimum absolute atomic E-state index is 0.103. The first kappa shape index (κ1) is 61.8. The summed E-state index contributed by atoms with van der Waals surface area (Å²) in [5.41, 5.74) is 2.42. The summed E-state index contributed by atoms with van der Waals surface area (Å²) in [5.74, 6) is -0.537. The van der Waals surface area contributed by atoms with Gasteiger partial charge in [0.05, 0.1) is 0 Å². The summed E-state index contributed by atoms with van der Waals surface area (Å²) in [6.45, 7) is 22.1. The van der Waals surface area contributed by atoms with E-state index in [9.17, 15) is 9.59 Å². The summed E-state index contributed by atoms with van der Waals surface area (Å²) in [6.07, 6.45) is 2.68. The Morgan fingerprint density at radius 2 is 1.32 bits per heavy atom. The molecule has 0 aromatic heterocycles. The zero-order chi connectivity index (χ0) is 57.5. The molecule has 0 bridgehead atoms. The van der Waals surface area contributed by atoms with Crippen molar-refractivity contribution in [1.29, 1.82) is 0 Å². The van der Waals surface area contributed by atoms with Crippen LogP contribution >= 0.6 is 0 Å². The maximum atomic E-state index is 14.7. The van der Waals surface area contributed by atoms with E-state index in [0.717, 1.165) is 27.4 Å². The monoisotopic (exact) mass is 1190 g/mol. The van der Waals surface area contributed by atoms with Crippen molar-refractivity contribution in [2.24, 2.45) is 5.92 Å². The Kier molecular flexibility index (Phi) is 21.8. The van der Waals surface area contributed by atoms with Gasteiger partial charge >= 0.3 is 390 Å². The van der Waals surface area contributed by atoms with Crippen molar-refractivity contribution >= 4 is 58.1 Å². The first-order valence-electron chi connectivity index (χ1n) is 27.7. The second kappa shape index (κ2) is 28.3. The van der Waals surface area contributed by atoms with Gasteiger partial charge in [0.15, 0.2) is 0 Å². The van der Waals surface area contributed by atoms with Gasteiger partial charge in [0.2, 0.25) is 0 Å². The van der Waals surface area contributed by atoms with Crippen LogP contribution in [0.2, 0.25) is 30.7 Å². The Bertz CT molecular complexity index is 2870. The Labute approximate surface area is 483 Å². The molecule has 0 radical (unpaired) electrons. The summed E-state index contributed by atoms with van der Waals surface area (Å²) in [4.78, 5) is 28.7. The zero-order valence-corrected chi connectivity index (χ0v) is 52.5. The molecular weight excluding hydrogens is 1100 g/mol. The quantitative estimate of drug-likeness (QED) is 0.0212. The van der Waals surface area contributed by atoms with Gasteiger partial charge in [0.1, 0.15) is 0 Å². The fourth-order valence-corrected chi connectivity index (χ4v) is 18.0. The molecule has 11 nitrogen and oxygen atoms in total. The standard InChI is InChI=1S/C66H82O11SeSi2/c1-47(48(2)77-80(65(3,4)5,54-29-21-15-22-30-54)55-31-23-16-24-32-55)33-38-57(74-63(67)50-25-17-13-18-26-50)62-58(75-66(6,7)76-62)39-40-60(78-53-27-19-14-20-28-53)56-43-52(72-45-49-34-36-51(70-9)37-35-49)44-59(73-46-69-8)61(56)64(68)71-41-42-79(10,11)12/h13-38,43-44,47-48,57-58,60,62H,39-42,45-46H2,1-12H3/b38-33-/t47-,48+,57?,58?,60?,62?/m1/s1. The number of methoxy groups -OCH3 is 2. The molecule has 1 aliphatic heterocycles. The summed E-state index contributed by atoms with van der Waals surface area (Å²) < 4.78 is 58.8. The van der Waals surface area contributed by atoms with Crippen molar-refractivity contribution in [2.45, 2.75) is 134 Å². The number of esters is 2. The molecule has 1 saturated heterocycles. The second-order valence-electron chi connectivity index (χ2n) is 23.1. The summed E-state index contributed by atoms with van der Waals surface area (Å²) in [5, 5.41) is 2.16. The molecule has 1 aliphatic rings. The first-order chi connectivity index (χ1) is 38.2. The van der Waals surface area contributed by atoms with E-state index in [1.165, 1.54) is 10.4 Å². The van der Waals surface area contributed by atoms with Crippen molar-refractivity contribution in [3.63, 3.8) is 0 Å². The molecule has 6 aromatic rings. The number of hydrogen-bond donors (Lipinski definition) is 0. The fraction of sp³-hybridized carbons (Fsp3) is 0.394. The molecule has 80 heavy (non-hydrogen) atoms. The Morgan fingerprint density at radius 1 is 0.725 bits per heavy atom. The molecular formula is C66H82O11SeSi2. The van der Waals surface area contributed by atoms with Crippen LogP contribution in [0.15, 0.2) is 170 Å². The first-order valence-corrected chi connectivity index (χ1v) is 35.2. The topological polar surface area (TPSA) is 117 Å². The predicted octanol–water partition coefficient (Wildman–Crippen LogP) is 12.5. The van der Waals surface area contributed by atoms with Gasteiger partial charge in [-0.2, -0.15) is 0 Å². The van der Waals surface area contributed by atoms with E-state index in [4.69, 9.17) is 42.3 Å². The number of carbonyl (C=O) groups is 2. The van der Waals surface area contributed by atoms with Gasteiger partial charge in [0, 0.05) is 0 Å². The molecule has 0 aliphatic carbocycles. The molecule has 0 N–H and O–H groups in total. The molecule has 0 saturated carbocycles. The van der Waals surface area contributed by atoms with Crippen LogP contribution in [0, 0.1) is 5.92 Å². The van der Waals surface area contributed by atoms with Crippen LogP contribution in [-0.4, -0.2) is 101 Å². The number of benzene rings is 6. The van der Waals surface area contributed by atoms with E-state index in [1.54, 1.807) is 32.4 Å². The summed E-state index contributed by atoms with van der Waals surface area (Å²) in [7, 11) is -1.30. The van der Waals surface area contributed by atoms with Crippen molar-refractivity contribution in [3.05, 3.63) is 192 Å². The number of rotatable bonds is 27. The molecule has 1 fully saturated rings. The zero-order valence-electron chi connectivity index (χ0n) is 48.8. The van der Waals surface area contributed by atoms with Gasteiger partial charge in [-0.15, -0.1) is 0 Å². The van der Waals surface area contributed by atoms with Crippen LogP contribution in [0.1, 0.15) is 98.0 Å². The average molecular weight is 1190 g/mol. The molecule has 0 spiro atoms. The van der Waals surface area contributed by atoms with Gasteiger partial charge in [0.25, 0.3) is 0 Å². The Balaban J connectivity index is 1.26. The summed E-state index contributed by atoms with van der Waals surface area (Å²) >= 11 is -0.248. The van der Waals surface area contributed by atoms with E-state index in [1.807, 2.05) is 98.8 Å². The Morgan fingerprint density at radius 3 is 1.90 bits per heavy atom. The Hall–Kier alpha value is -5.81. The second-order valence-corrected chi connectivity index (χ2v) is 35.7. The van der Waals surface area contributed by atoms with E-state index < -0.39 is 52.4 Å².